The summed E-state index contributed by atoms with van der Waals surface area (Å²) >= 11 is 0. The molecule has 2 aliphatic heterocycles. The molecule has 2 fully saturated rings. The molecule has 0 spiro atoms. The van der Waals surface area contributed by atoms with Gasteiger partial charge in [0.05, 0.1) is 12.6 Å². The summed E-state index contributed by atoms with van der Waals surface area (Å²) in [5.74, 6) is 0.810. The normalized spacial score (nSPS) is 24.9. The summed E-state index contributed by atoms with van der Waals surface area (Å²) in [6.07, 6.45) is 8.03. The number of likely N-dealkylation sites (N-methyl/N-ethyl adjacent to an activating group) is 1. The van der Waals surface area contributed by atoms with E-state index in [9.17, 15) is 4.79 Å². The lowest BCUT2D eigenvalue weighted by Crippen LogP contribution is -2.51. The van der Waals surface area contributed by atoms with Gasteiger partial charge in [-0.05, 0) is 50.4 Å². The van der Waals surface area contributed by atoms with Crippen molar-refractivity contribution in [2.24, 2.45) is 5.92 Å². The molecular formula is C19H29N3O2. The molecule has 3 rings (SSSR count). The molecule has 132 valence electrons. The fourth-order valence-electron chi connectivity index (χ4n) is 3.81. The summed E-state index contributed by atoms with van der Waals surface area (Å²) in [7, 11) is 0. The van der Waals surface area contributed by atoms with Gasteiger partial charge >= 0.3 is 0 Å². The van der Waals surface area contributed by atoms with Crippen molar-refractivity contribution < 1.29 is 9.53 Å². The number of hydrogen-bond donors (Lipinski definition) is 0. The molecule has 1 amide bonds. The van der Waals surface area contributed by atoms with Crippen LogP contribution in [0.3, 0.4) is 0 Å². The number of pyridine rings is 1. The second-order valence-electron chi connectivity index (χ2n) is 6.94. The summed E-state index contributed by atoms with van der Waals surface area (Å²) in [6, 6.07) is 4.11. The molecule has 0 aliphatic carbocycles. The third-order valence-corrected chi connectivity index (χ3v) is 5.23. The van der Waals surface area contributed by atoms with Crippen molar-refractivity contribution in [3.05, 3.63) is 30.1 Å². The highest BCUT2D eigenvalue weighted by Gasteiger charge is 2.32. The quantitative estimate of drug-likeness (QED) is 0.802. The highest BCUT2D eigenvalue weighted by atomic mass is 16.5. The monoisotopic (exact) mass is 331 g/mol. The molecule has 5 heteroatoms. The lowest BCUT2D eigenvalue weighted by Gasteiger charge is -2.38. The smallest absolute Gasteiger partial charge is 0.239 e. The first-order valence-electron chi connectivity index (χ1n) is 9.27. The van der Waals surface area contributed by atoms with Gasteiger partial charge in [-0.15, -0.1) is 0 Å². The molecule has 0 saturated carbocycles. The van der Waals surface area contributed by atoms with Gasteiger partial charge in [-0.2, -0.15) is 0 Å². The first-order valence-corrected chi connectivity index (χ1v) is 9.27. The van der Waals surface area contributed by atoms with E-state index >= 15 is 0 Å². The van der Waals surface area contributed by atoms with Crippen LogP contribution in [0.5, 0.6) is 0 Å². The topological polar surface area (TPSA) is 45.7 Å². The van der Waals surface area contributed by atoms with Gasteiger partial charge in [-0.25, -0.2) is 0 Å². The number of carbonyl (C=O) groups excluding carboxylic acids is 1. The molecule has 0 aromatic carbocycles. The van der Waals surface area contributed by atoms with Crippen LogP contribution in [0.1, 0.15) is 38.2 Å². The van der Waals surface area contributed by atoms with Crippen LogP contribution < -0.4 is 0 Å². The molecule has 2 saturated heterocycles. The third-order valence-electron chi connectivity index (χ3n) is 5.23. The summed E-state index contributed by atoms with van der Waals surface area (Å²) in [4.78, 5) is 21.6. The zero-order valence-electron chi connectivity index (χ0n) is 14.7. The predicted octanol–water partition coefficient (Wildman–Crippen LogP) is 2.32. The number of amides is 1. The Labute approximate surface area is 145 Å². The van der Waals surface area contributed by atoms with Gasteiger partial charge in [0.15, 0.2) is 0 Å². The molecule has 0 bridgehead atoms. The number of likely N-dealkylation sites (tertiary alicyclic amines) is 1. The molecule has 1 aromatic rings. The number of ether oxygens (including phenoxy) is 1. The average Bonchev–Trinajstić information content (AvgIpc) is 3.14. The number of aromatic nitrogens is 1. The number of rotatable bonds is 6. The van der Waals surface area contributed by atoms with E-state index in [1.165, 1.54) is 12.0 Å². The minimum atomic E-state index is 0.0224. The van der Waals surface area contributed by atoms with E-state index in [1.54, 1.807) is 0 Å². The lowest BCUT2D eigenvalue weighted by atomic mass is 9.99. The largest absolute Gasteiger partial charge is 0.381 e. The zero-order chi connectivity index (χ0) is 16.8. The highest BCUT2D eigenvalue weighted by Crippen LogP contribution is 2.23. The second-order valence-corrected chi connectivity index (χ2v) is 6.94. The zero-order valence-corrected chi connectivity index (χ0v) is 14.7. The Hall–Kier alpha value is -1.46. The van der Waals surface area contributed by atoms with E-state index in [1.807, 2.05) is 24.5 Å². The first-order chi connectivity index (χ1) is 11.8. The Balaban J connectivity index is 1.65. The summed E-state index contributed by atoms with van der Waals surface area (Å²) in [5, 5.41) is 0. The van der Waals surface area contributed by atoms with E-state index < -0.39 is 0 Å². The molecule has 1 aromatic heterocycles. The maximum atomic E-state index is 13.1. The van der Waals surface area contributed by atoms with Crippen molar-refractivity contribution >= 4 is 5.91 Å². The van der Waals surface area contributed by atoms with Gasteiger partial charge in [-0.3, -0.25) is 14.7 Å². The van der Waals surface area contributed by atoms with Crippen LogP contribution in [0.4, 0.5) is 0 Å². The van der Waals surface area contributed by atoms with Gasteiger partial charge < -0.3 is 9.64 Å². The predicted molar refractivity (Wildman–Crippen MR) is 93.5 cm³/mol. The SMILES string of the molecule is CCN(C[C@H]1CCOC1)C(=O)[C@H]1CCCCN1Cc1ccncc1. The molecule has 3 heterocycles. The van der Waals surface area contributed by atoms with Crippen LogP contribution in [0.2, 0.25) is 0 Å². The van der Waals surface area contributed by atoms with Crippen molar-refractivity contribution in [1.82, 2.24) is 14.8 Å². The lowest BCUT2D eigenvalue weighted by molar-refractivity contribution is -0.139. The van der Waals surface area contributed by atoms with Gasteiger partial charge in [0.25, 0.3) is 0 Å². The molecule has 2 aliphatic rings. The molecule has 5 nitrogen and oxygen atoms in total. The summed E-state index contributed by atoms with van der Waals surface area (Å²) in [5.41, 5.74) is 1.23. The van der Waals surface area contributed by atoms with Crippen LogP contribution in [-0.4, -0.2) is 59.6 Å². The van der Waals surface area contributed by atoms with Crippen LogP contribution >= 0.6 is 0 Å². The van der Waals surface area contributed by atoms with E-state index in [0.29, 0.717) is 11.8 Å². The Kier molecular flexibility index (Phi) is 6.21. The minimum Gasteiger partial charge on any atom is -0.381 e. The standard InChI is InChI=1S/C19H29N3O2/c1-2-21(14-17-8-12-24-15-17)19(23)18-5-3-4-11-22(18)13-16-6-9-20-10-7-16/h6-7,9-10,17-18H,2-5,8,11-15H2,1H3/t17-,18-/m1/s1. The molecule has 24 heavy (non-hydrogen) atoms. The van der Waals surface area contributed by atoms with E-state index in [2.05, 4.69) is 21.7 Å². The average molecular weight is 331 g/mol. The Morgan fingerprint density at radius 2 is 2.17 bits per heavy atom. The van der Waals surface area contributed by atoms with Crippen molar-refractivity contribution in [2.75, 3.05) is 32.8 Å². The van der Waals surface area contributed by atoms with Crippen molar-refractivity contribution in [3.8, 4) is 0 Å². The van der Waals surface area contributed by atoms with Crippen LogP contribution in [-0.2, 0) is 16.1 Å². The fraction of sp³-hybridized carbons (Fsp3) is 0.684. The van der Waals surface area contributed by atoms with Gasteiger partial charge in [0.1, 0.15) is 0 Å². The van der Waals surface area contributed by atoms with E-state index in [-0.39, 0.29) is 6.04 Å². The first kappa shape index (κ1) is 17.4. The molecule has 2 atom stereocenters. The van der Waals surface area contributed by atoms with Crippen LogP contribution in [0.15, 0.2) is 24.5 Å². The molecular weight excluding hydrogens is 302 g/mol. The second kappa shape index (κ2) is 8.58. The maximum absolute atomic E-state index is 13.1. The summed E-state index contributed by atoms with van der Waals surface area (Å²) < 4.78 is 5.47. The van der Waals surface area contributed by atoms with E-state index in [4.69, 9.17) is 4.74 Å². The van der Waals surface area contributed by atoms with Gasteiger partial charge in [0.2, 0.25) is 5.91 Å². The van der Waals surface area contributed by atoms with Crippen molar-refractivity contribution in [2.45, 2.75) is 45.2 Å². The Morgan fingerprint density at radius 3 is 2.88 bits per heavy atom. The van der Waals surface area contributed by atoms with Crippen LogP contribution in [0, 0.1) is 5.92 Å². The fourth-order valence-corrected chi connectivity index (χ4v) is 3.81. The molecule has 0 unspecified atom stereocenters. The molecule has 0 radical (unpaired) electrons. The van der Waals surface area contributed by atoms with Crippen molar-refractivity contribution in [1.29, 1.82) is 0 Å². The van der Waals surface area contributed by atoms with Gasteiger partial charge in [-0.1, -0.05) is 6.42 Å². The maximum Gasteiger partial charge on any atom is 0.239 e. The minimum absolute atomic E-state index is 0.0224. The van der Waals surface area contributed by atoms with E-state index in [0.717, 1.165) is 58.7 Å². The highest BCUT2D eigenvalue weighted by molar-refractivity contribution is 5.82. The number of carbonyl (C=O) groups is 1. The molecule has 0 N–H and O–H groups in total. The summed E-state index contributed by atoms with van der Waals surface area (Å²) in [6.45, 7) is 7.20. The van der Waals surface area contributed by atoms with Crippen molar-refractivity contribution in [3.63, 3.8) is 0 Å². The Bertz CT molecular complexity index is 517. The third kappa shape index (κ3) is 4.33. The van der Waals surface area contributed by atoms with Gasteiger partial charge in [0, 0.05) is 44.6 Å². The van der Waals surface area contributed by atoms with Crippen LogP contribution in [0.25, 0.3) is 0 Å². The number of nitrogens with zero attached hydrogens (tertiary/aromatic N) is 3. The number of hydrogen-bond acceptors (Lipinski definition) is 4. The Morgan fingerprint density at radius 1 is 1.33 bits per heavy atom. The number of piperidine rings is 1.